The summed E-state index contributed by atoms with van der Waals surface area (Å²) in [5.41, 5.74) is 0. The summed E-state index contributed by atoms with van der Waals surface area (Å²) < 4.78 is 5.50. The van der Waals surface area contributed by atoms with Crippen LogP contribution in [0.3, 0.4) is 0 Å². The van der Waals surface area contributed by atoms with Gasteiger partial charge in [0.25, 0.3) is 0 Å². The number of ether oxygens (including phenoxy) is 1. The second-order valence-corrected chi connectivity index (χ2v) is 4.01. The highest BCUT2D eigenvalue weighted by Gasteiger charge is 2.17. The van der Waals surface area contributed by atoms with Crippen molar-refractivity contribution < 1.29 is 9.53 Å². The number of rotatable bonds is 4. The van der Waals surface area contributed by atoms with Gasteiger partial charge in [-0.15, -0.1) is 0 Å². The Balaban J connectivity index is 1.67. The minimum atomic E-state index is 0.0308. The van der Waals surface area contributed by atoms with Crippen molar-refractivity contribution in [2.45, 2.75) is 38.3 Å². The third-order valence-electron chi connectivity index (χ3n) is 2.69. The minimum Gasteiger partial charge on any atom is -0.378 e. The monoisotopic (exact) mass is 223 g/mol. The van der Waals surface area contributed by atoms with Gasteiger partial charge in [0.2, 0.25) is 5.91 Å². The van der Waals surface area contributed by atoms with Crippen molar-refractivity contribution in [3.63, 3.8) is 0 Å². The predicted molar refractivity (Wildman–Crippen MR) is 58.6 cm³/mol. The third kappa shape index (κ3) is 3.34. The van der Waals surface area contributed by atoms with Crippen LogP contribution < -0.4 is 5.32 Å². The number of nitrogens with zero attached hydrogens (tertiary/aromatic N) is 1. The fourth-order valence-corrected chi connectivity index (χ4v) is 1.82. The van der Waals surface area contributed by atoms with E-state index in [1.54, 1.807) is 12.4 Å². The van der Waals surface area contributed by atoms with Crippen molar-refractivity contribution in [1.29, 1.82) is 0 Å². The first-order valence-electron chi connectivity index (χ1n) is 5.71. The van der Waals surface area contributed by atoms with E-state index in [1.807, 2.05) is 0 Å². The molecule has 1 aromatic heterocycles. The Kier molecular flexibility index (Phi) is 3.93. The molecule has 1 aromatic rings. The van der Waals surface area contributed by atoms with Crippen LogP contribution in [0.15, 0.2) is 12.4 Å². The average molecular weight is 223 g/mol. The summed E-state index contributed by atoms with van der Waals surface area (Å²) in [5.74, 6) is 0.807. The molecule has 2 heterocycles. The molecule has 16 heavy (non-hydrogen) atoms. The summed E-state index contributed by atoms with van der Waals surface area (Å²) in [7, 11) is 0. The molecule has 0 bridgehead atoms. The van der Waals surface area contributed by atoms with Gasteiger partial charge in [0.1, 0.15) is 5.82 Å². The van der Waals surface area contributed by atoms with E-state index in [-0.39, 0.29) is 12.0 Å². The van der Waals surface area contributed by atoms with Crippen LogP contribution in [0.4, 0.5) is 0 Å². The van der Waals surface area contributed by atoms with Crippen LogP contribution >= 0.6 is 0 Å². The number of nitrogens with one attached hydrogen (secondary N) is 2. The number of amides is 1. The van der Waals surface area contributed by atoms with Gasteiger partial charge in [-0.05, 0) is 19.3 Å². The zero-order chi connectivity index (χ0) is 11.2. The molecule has 1 atom stereocenters. The Morgan fingerprint density at radius 2 is 2.56 bits per heavy atom. The minimum absolute atomic E-state index is 0.0308. The van der Waals surface area contributed by atoms with Crippen LogP contribution in [0.2, 0.25) is 0 Å². The lowest BCUT2D eigenvalue weighted by atomic mass is 10.1. The fraction of sp³-hybridized carbons (Fsp3) is 0.636. The lowest BCUT2D eigenvalue weighted by molar-refractivity contribution is -0.125. The van der Waals surface area contributed by atoms with Gasteiger partial charge in [-0.2, -0.15) is 0 Å². The van der Waals surface area contributed by atoms with Crippen LogP contribution in [0.1, 0.15) is 31.5 Å². The third-order valence-corrected chi connectivity index (χ3v) is 2.69. The molecular weight excluding hydrogens is 206 g/mol. The Morgan fingerprint density at radius 1 is 1.62 bits per heavy atom. The molecule has 2 N–H and O–H groups in total. The largest absolute Gasteiger partial charge is 0.378 e. The second kappa shape index (κ2) is 5.65. The van der Waals surface area contributed by atoms with Crippen molar-refractivity contribution in [2.75, 3.05) is 6.61 Å². The average Bonchev–Trinajstić information content (AvgIpc) is 2.81. The first-order valence-corrected chi connectivity index (χ1v) is 5.71. The first kappa shape index (κ1) is 11.1. The van der Waals surface area contributed by atoms with E-state index < -0.39 is 0 Å². The molecule has 88 valence electrons. The summed E-state index contributed by atoms with van der Waals surface area (Å²) in [4.78, 5) is 18.5. The quantitative estimate of drug-likeness (QED) is 0.799. The van der Waals surface area contributed by atoms with E-state index in [1.165, 1.54) is 0 Å². The van der Waals surface area contributed by atoms with Gasteiger partial charge in [-0.25, -0.2) is 4.98 Å². The standard InChI is InChI=1S/C11H17N3O2/c15-11(7-9-3-1-2-6-16-9)14-8-10-12-4-5-13-10/h4-5,9H,1-3,6-8H2,(H,12,13)(H,14,15). The van der Waals surface area contributed by atoms with E-state index in [0.29, 0.717) is 13.0 Å². The smallest absolute Gasteiger partial charge is 0.222 e. The Bertz CT molecular complexity index is 318. The fourth-order valence-electron chi connectivity index (χ4n) is 1.82. The molecule has 0 spiro atoms. The van der Waals surface area contributed by atoms with E-state index in [4.69, 9.17) is 4.74 Å². The molecule has 0 radical (unpaired) electrons. The number of hydrogen-bond donors (Lipinski definition) is 2. The maximum Gasteiger partial charge on any atom is 0.222 e. The molecule has 1 fully saturated rings. The molecule has 1 unspecified atom stereocenters. The molecule has 0 aliphatic carbocycles. The van der Waals surface area contributed by atoms with Gasteiger partial charge in [0.15, 0.2) is 0 Å². The molecule has 0 aromatic carbocycles. The number of H-pyrrole nitrogens is 1. The molecule has 1 saturated heterocycles. The number of aromatic amines is 1. The second-order valence-electron chi connectivity index (χ2n) is 4.01. The number of hydrogen-bond acceptors (Lipinski definition) is 3. The summed E-state index contributed by atoms with van der Waals surface area (Å²) in [6.07, 6.45) is 7.25. The Morgan fingerprint density at radius 3 is 3.25 bits per heavy atom. The topological polar surface area (TPSA) is 67.0 Å². The van der Waals surface area contributed by atoms with Crippen LogP contribution in [-0.2, 0) is 16.1 Å². The lowest BCUT2D eigenvalue weighted by Gasteiger charge is -2.21. The van der Waals surface area contributed by atoms with Crippen LogP contribution in [0.5, 0.6) is 0 Å². The van der Waals surface area contributed by atoms with Crippen LogP contribution in [0.25, 0.3) is 0 Å². The van der Waals surface area contributed by atoms with Gasteiger partial charge >= 0.3 is 0 Å². The van der Waals surface area contributed by atoms with Gasteiger partial charge in [-0.3, -0.25) is 4.79 Å². The molecule has 5 heteroatoms. The zero-order valence-electron chi connectivity index (χ0n) is 9.24. The summed E-state index contributed by atoms with van der Waals surface area (Å²) in [6.45, 7) is 1.24. The van der Waals surface area contributed by atoms with Crippen molar-refractivity contribution in [3.8, 4) is 0 Å². The van der Waals surface area contributed by atoms with E-state index in [0.717, 1.165) is 31.7 Å². The summed E-state index contributed by atoms with van der Waals surface area (Å²) >= 11 is 0. The number of carbonyl (C=O) groups is 1. The van der Waals surface area contributed by atoms with Crippen LogP contribution in [0, 0.1) is 0 Å². The van der Waals surface area contributed by atoms with E-state index >= 15 is 0 Å². The zero-order valence-corrected chi connectivity index (χ0v) is 9.24. The van der Waals surface area contributed by atoms with Crippen molar-refractivity contribution in [3.05, 3.63) is 18.2 Å². The SMILES string of the molecule is O=C(CC1CCCCO1)NCc1ncc[nH]1. The Hall–Kier alpha value is -1.36. The molecule has 1 aliphatic heterocycles. The van der Waals surface area contributed by atoms with Gasteiger partial charge in [-0.1, -0.05) is 0 Å². The highest BCUT2D eigenvalue weighted by atomic mass is 16.5. The molecule has 1 amide bonds. The van der Waals surface area contributed by atoms with Crippen molar-refractivity contribution in [2.24, 2.45) is 0 Å². The first-order chi connectivity index (χ1) is 7.84. The van der Waals surface area contributed by atoms with Gasteiger partial charge in [0.05, 0.1) is 19.1 Å². The van der Waals surface area contributed by atoms with E-state index in [9.17, 15) is 4.79 Å². The maximum absolute atomic E-state index is 11.6. The Labute approximate surface area is 94.6 Å². The highest BCUT2D eigenvalue weighted by Crippen LogP contribution is 2.15. The number of carbonyl (C=O) groups excluding carboxylic acids is 1. The predicted octanol–water partition coefficient (Wildman–Crippen LogP) is 0.985. The van der Waals surface area contributed by atoms with Gasteiger partial charge in [0, 0.05) is 19.0 Å². The molecule has 1 aliphatic rings. The number of imidazole rings is 1. The van der Waals surface area contributed by atoms with Crippen molar-refractivity contribution in [1.82, 2.24) is 15.3 Å². The molecular formula is C11H17N3O2. The molecule has 5 nitrogen and oxygen atoms in total. The lowest BCUT2D eigenvalue weighted by Crippen LogP contribution is -2.30. The molecule has 2 rings (SSSR count). The maximum atomic E-state index is 11.6. The summed E-state index contributed by atoms with van der Waals surface area (Å²) in [6, 6.07) is 0. The van der Waals surface area contributed by atoms with Crippen LogP contribution in [-0.4, -0.2) is 28.6 Å². The normalized spacial score (nSPS) is 20.6. The highest BCUT2D eigenvalue weighted by molar-refractivity contribution is 5.76. The van der Waals surface area contributed by atoms with E-state index in [2.05, 4.69) is 15.3 Å². The van der Waals surface area contributed by atoms with Gasteiger partial charge < -0.3 is 15.0 Å². The number of aromatic nitrogens is 2. The summed E-state index contributed by atoms with van der Waals surface area (Å²) in [5, 5.41) is 2.82. The van der Waals surface area contributed by atoms with Crippen molar-refractivity contribution >= 4 is 5.91 Å². The molecule has 0 saturated carbocycles.